The van der Waals surface area contributed by atoms with Gasteiger partial charge in [0.2, 0.25) is 0 Å². The summed E-state index contributed by atoms with van der Waals surface area (Å²) in [7, 11) is -3.11. The average Bonchev–Trinajstić information content (AvgIpc) is 2.55. The van der Waals surface area contributed by atoms with Gasteiger partial charge in [-0.2, -0.15) is 0 Å². The van der Waals surface area contributed by atoms with Crippen LogP contribution in [-0.4, -0.2) is 28.1 Å². The van der Waals surface area contributed by atoms with E-state index in [4.69, 9.17) is 23.2 Å². The molecule has 25 heavy (non-hydrogen) atoms. The quantitative estimate of drug-likeness (QED) is 0.602. The van der Waals surface area contributed by atoms with Gasteiger partial charge in [-0.3, -0.25) is 18.2 Å². The number of benzene rings is 2. The summed E-state index contributed by atoms with van der Waals surface area (Å²) in [5, 5.41) is 3.50. The number of anilines is 2. The van der Waals surface area contributed by atoms with Gasteiger partial charge in [-0.05, 0) is 42.8 Å². The maximum absolute atomic E-state index is 12.6. The average molecular weight is 402 g/mol. The normalized spacial score (nSPS) is 17.8. The van der Waals surface area contributed by atoms with Crippen LogP contribution in [0, 0.1) is 0 Å². The van der Waals surface area contributed by atoms with Crippen LogP contribution in [0.5, 0.6) is 0 Å². The predicted octanol–water partition coefficient (Wildman–Crippen LogP) is 4.63. The van der Waals surface area contributed by atoms with Crippen LogP contribution in [0.15, 0.2) is 42.5 Å². The first-order valence-electron chi connectivity index (χ1n) is 7.54. The number of carbonyl (C=O) groups is 1. The van der Waals surface area contributed by atoms with Crippen LogP contribution in [0.4, 0.5) is 11.4 Å². The lowest BCUT2D eigenvalue weighted by Gasteiger charge is -2.47. The first kappa shape index (κ1) is 18.3. The summed E-state index contributed by atoms with van der Waals surface area (Å²) in [6.07, 6.45) is 0.753. The molecule has 0 bridgehead atoms. The summed E-state index contributed by atoms with van der Waals surface area (Å²) >= 11 is 12.1. The van der Waals surface area contributed by atoms with Crippen molar-refractivity contribution in [3.8, 4) is 0 Å². The molecule has 0 aliphatic carbocycles. The van der Waals surface area contributed by atoms with E-state index in [1.165, 1.54) is 4.31 Å². The van der Waals surface area contributed by atoms with Gasteiger partial charge in [0.1, 0.15) is 0 Å². The third-order valence-electron chi connectivity index (χ3n) is 3.71. The van der Waals surface area contributed by atoms with Crippen LogP contribution in [0.3, 0.4) is 0 Å². The second kappa shape index (κ2) is 7.41. The number of amides is 1. The minimum Gasteiger partial charge on any atom is -0.322 e. The van der Waals surface area contributed by atoms with Crippen molar-refractivity contribution in [3.63, 3.8) is 0 Å². The number of halogens is 2. The molecule has 1 fully saturated rings. The molecule has 0 spiro atoms. The number of rotatable bonds is 3. The van der Waals surface area contributed by atoms with E-state index >= 15 is 0 Å². The van der Waals surface area contributed by atoms with E-state index in [1.807, 2.05) is 0 Å². The molecule has 134 valence electrons. The smallest absolute Gasteiger partial charge is 0.257 e. The molecule has 2 aromatic carbocycles. The largest absolute Gasteiger partial charge is 0.322 e. The molecule has 1 heterocycles. The van der Waals surface area contributed by atoms with Crippen LogP contribution >= 0.6 is 34.2 Å². The van der Waals surface area contributed by atoms with Gasteiger partial charge in [0.15, 0.2) is 0 Å². The molecule has 2 aromatic rings. The van der Waals surface area contributed by atoms with Crippen molar-refractivity contribution < 1.29 is 13.9 Å². The fourth-order valence-corrected chi connectivity index (χ4v) is 4.28. The van der Waals surface area contributed by atoms with Crippen molar-refractivity contribution in [2.24, 2.45) is 0 Å². The Morgan fingerprint density at radius 2 is 2.00 bits per heavy atom. The second-order valence-corrected chi connectivity index (χ2v) is 8.11. The van der Waals surface area contributed by atoms with Gasteiger partial charge in [0, 0.05) is 23.8 Å². The summed E-state index contributed by atoms with van der Waals surface area (Å²) in [6, 6.07) is 11.5. The lowest BCUT2D eigenvalue weighted by atomic mass is 10.1. The highest BCUT2D eigenvalue weighted by Crippen LogP contribution is 2.45. The number of carbonyl (C=O) groups excluding carboxylic acids is 1. The molecule has 0 aromatic heterocycles. The zero-order valence-corrected chi connectivity index (χ0v) is 15.4. The topological polar surface area (TPSA) is 84.8 Å². The zero-order valence-electron chi connectivity index (χ0n) is 13.1. The van der Waals surface area contributed by atoms with E-state index in [9.17, 15) is 13.9 Å². The standard InChI is InChI=1S/C16H17Cl2N3O3S/c17-11-3-1-4-12(9-11)20-16(22)14-10-13(5-6-15(14)18)21-8-2-7-19-25(21,23)24/h1,3-6,9-10,19,23-24H,2,7-8H2,(H,20,22). The van der Waals surface area contributed by atoms with Gasteiger partial charge in [-0.25, -0.2) is 4.72 Å². The molecule has 1 saturated heterocycles. The summed E-state index contributed by atoms with van der Waals surface area (Å²) < 4.78 is 24.5. The van der Waals surface area contributed by atoms with E-state index < -0.39 is 16.9 Å². The van der Waals surface area contributed by atoms with Crippen LogP contribution in [-0.2, 0) is 0 Å². The highest BCUT2D eigenvalue weighted by Gasteiger charge is 2.27. The van der Waals surface area contributed by atoms with Gasteiger partial charge in [0.25, 0.3) is 5.91 Å². The van der Waals surface area contributed by atoms with Crippen molar-refractivity contribution in [2.75, 3.05) is 22.7 Å². The third-order valence-corrected chi connectivity index (χ3v) is 5.87. The summed E-state index contributed by atoms with van der Waals surface area (Å²) in [5.41, 5.74) is 1.29. The summed E-state index contributed by atoms with van der Waals surface area (Å²) in [4.78, 5) is 12.6. The molecular weight excluding hydrogens is 385 g/mol. The number of nitrogens with one attached hydrogen (secondary N) is 2. The van der Waals surface area contributed by atoms with Gasteiger partial charge >= 0.3 is 0 Å². The fourth-order valence-electron chi connectivity index (χ4n) is 2.52. The Kier molecular flexibility index (Phi) is 5.43. The maximum Gasteiger partial charge on any atom is 0.257 e. The molecular formula is C16H17Cl2N3O3S. The minimum atomic E-state index is -3.11. The second-order valence-electron chi connectivity index (χ2n) is 5.50. The Morgan fingerprint density at radius 3 is 2.72 bits per heavy atom. The van der Waals surface area contributed by atoms with E-state index in [0.29, 0.717) is 29.5 Å². The molecule has 0 unspecified atom stereocenters. The molecule has 0 atom stereocenters. The van der Waals surface area contributed by atoms with Crippen molar-refractivity contribution in [3.05, 3.63) is 58.1 Å². The SMILES string of the molecule is O=C(Nc1cccc(Cl)c1)c1cc(N2CCCNS2(O)O)ccc1Cl. The first-order valence-corrected chi connectivity index (χ1v) is 9.80. The van der Waals surface area contributed by atoms with Crippen LogP contribution in [0.2, 0.25) is 10.0 Å². The molecule has 4 N–H and O–H groups in total. The molecule has 1 aliphatic rings. The van der Waals surface area contributed by atoms with Gasteiger partial charge in [-0.15, -0.1) is 0 Å². The third kappa shape index (κ3) is 4.20. The monoisotopic (exact) mass is 401 g/mol. The molecule has 1 aliphatic heterocycles. The molecule has 3 rings (SSSR count). The van der Waals surface area contributed by atoms with E-state index in [2.05, 4.69) is 10.0 Å². The van der Waals surface area contributed by atoms with Gasteiger partial charge in [0.05, 0.1) is 16.3 Å². The Balaban J connectivity index is 1.87. The van der Waals surface area contributed by atoms with Crippen molar-refractivity contribution in [1.29, 1.82) is 0 Å². The van der Waals surface area contributed by atoms with Crippen LogP contribution in [0.1, 0.15) is 16.8 Å². The number of nitrogens with zero attached hydrogens (tertiary/aromatic N) is 1. The number of hydrogen-bond donors (Lipinski definition) is 4. The summed E-state index contributed by atoms with van der Waals surface area (Å²) in [6.45, 7) is 0.987. The Morgan fingerprint density at radius 1 is 1.20 bits per heavy atom. The highest BCUT2D eigenvalue weighted by atomic mass is 35.5. The van der Waals surface area contributed by atoms with Crippen LogP contribution < -0.4 is 14.3 Å². The predicted molar refractivity (Wildman–Crippen MR) is 104 cm³/mol. The maximum atomic E-state index is 12.6. The Bertz CT molecular complexity index is 804. The molecule has 6 nitrogen and oxygen atoms in total. The lowest BCUT2D eigenvalue weighted by molar-refractivity contribution is 0.102. The van der Waals surface area contributed by atoms with Gasteiger partial charge in [-0.1, -0.05) is 40.2 Å². The van der Waals surface area contributed by atoms with Crippen LogP contribution in [0.25, 0.3) is 0 Å². The van der Waals surface area contributed by atoms with Gasteiger partial charge < -0.3 is 5.32 Å². The highest BCUT2D eigenvalue weighted by molar-refractivity contribution is 8.23. The Labute approximate surface area is 157 Å². The molecule has 9 heteroatoms. The Hall–Kier alpha value is -1.48. The van der Waals surface area contributed by atoms with Crippen molar-refractivity contribution in [2.45, 2.75) is 6.42 Å². The van der Waals surface area contributed by atoms with E-state index in [1.54, 1.807) is 42.5 Å². The number of hydrogen-bond acceptors (Lipinski definition) is 5. The zero-order chi connectivity index (χ0) is 18.0. The molecule has 0 saturated carbocycles. The first-order chi connectivity index (χ1) is 11.9. The molecule has 1 amide bonds. The van der Waals surface area contributed by atoms with E-state index in [-0.39, 0.29) is 10.6 Å². The summed E-state index contributed by atoms with van der Waals surface area (Å²) in [5.74, 6) is -0.407. The minimum absolute atomic E-state index is 0.236. The van der Waals surface area contributed by atoms with Crippen molar-refractivity contribution in [1.82, 2.24) is 4.72 Å². The van der Waals surface area contributed by atoms with Crippen molar-refractivity contribution >= 4 is 51.4 Å². The lowest BCUT2D eigenvalue weighted by Crippen LogP contribution is -2.43. The molecule has 0 radical (unpaired) electrons. The van der Waals surface area contributed by atoms with E-state index in [0.717, 1.165) is 6.42 Å². The fraction of sp³-hybridized carbons (Fsp3) is 0.188.